The highest BCUT2D eigenvalue weighted by Crippen LogP contribution is 2.20. The third-order valence-corrected chi connectivity index (χ3v) is 3.83. The van der Waals surface area contributed by atoms with Crippen molar-refractivity contribution in [1.29, 1.82) is 0 Å². The number of hydrogen-bond donors (Lipinski definition) is 1. The topological polar surface area (TPSA) is 32.3 Å². The Balaban J connectivity index is 1.94. The van der Waals surface area contributed by atoms with Crippen molar-refractivity contribution < 1.29 is 9.18 Å². The maximum Gasteiger partial charge on any atom is 0.238 e. The molecule has 22 heavy (non-hydrogen) atoms. The summed E-state index contributed by atoms with van der Waals surface area (Å²) < 4.78 is 14.5. The first kappa shape index (κ1) is 16.9. The van der Waals surface area contributed by atoms with Crippen LogP contribution < -0.4 is 5.32 Å². The molecule has 1 amide bonds. The van der Waals surface area contributed by atoms with Gasteiger partial charge in [0.1, 0.15) is 5.82 Å². The first-order valence-corrected chi connectivity index (χ1v) is 7.79. The number of carbonyl (C=O) groups is 1. The Hall–Kier alpha value is -1.43. The molecule has 0 bridgehead atoms. The molecule has 2 aromatic carbocycles. The summed E-state index contributed by atoms with van der Waals surface area (Å²) in [6.07, 6.45) is 0. The van der Waals surface area contributed by atoms with Crippen molar-refractivity contribution in [3.8, 4) is 0 Å². The van der Waals surface area contributed by atoms with Gasteiger partial charge in [0.05, 0.1) is 17.3 Å². The van der Waals surface area contributed by atoms with E-state index >= 15 is 0 Å². The third kappa shape index (κ3) is 4.80. The second-order valence-electron chi connectivity index (χ2n) is 4.94. The summed E-state index contributed by atoms with van der Waals surface area (Å²) in [5.74, 6) is -0.493. The number of anilines is 1. The summed E-state index contributed by atoms with van der Waals surface area (Å²) in [6, 6.07) is 11.8. The number of rotatable bonds is 5. The molecule has 2 aromatic rings. The lowest BCUT2D eigenvalue weighted by molar-refractivity contribution is -0.117. The Morgan fingerprint density at radius 1 is 1.32 bits per heavy atom. The van der Waals surface area contributed by atoms with Gasteiger partial charge in [-0.05, 0) is 37.4 Å². The number of nitrogens with one attached hydrogen (secondary N) is 1. The average molecular weight is 386 g/mol. The van der Waals surface area contributed by atoms with E-state index < -0.39 is 0 Å². The monoisotopic (exact) mass is 384 g/mol. The van der Waals surface area contributed by atoms with E-state index in [2.05, 4.69) is 21.2 Å². The summed E-state index contributed by atoms with van der Waals surface area (Å²) in [4.78, 5) is 13.7. The minimum atomic E-state index is -0.290. The van der Waals surface area contributed by atoms with Gasteiger partial charge in [-0.3, -0.25) is 9.69 Å². The van der Waals surface area contributed by atoms with Crippen molar-refractivity contribution in [2.24, 2.45) is 0 Å². The van der Waals surface area contributed by atoms with Crippen LogP contribution in [0.15, 0.2) is 46.9 Å². The van der Waals surface area contributed by atoms with Gasteiger partial charge in [0.2, 0.25) is 5.91 Å². The van der Waals surface area contributed by atoms with Crippen LogP contribution in [-0.4, -0.2) is 24.4 Å². The van der Waals surface area contributed by atoms with E-state index in [9.17, 15) is 9.18 Å². The van der Waals surface area contributed by atoms with Crippen LogP contribution in [0.2, 0.25) is 5.02 Å². The van der Waals surface area contributed by atoms with Crippen LogP contribution in [0.25, 0.3) is 0 Å². The van der Waals surface area contributed by atoms with E-state index in [0.29, 0.717) is 22.8 Å². The van der Waals surface area contributed by atoms with Gasteiger partial charge in [-0.15, -0.1) is 0 Å². The number of benzene rings is 2. The first-order chi connectivity index (χ1) is 10.5. The van der Waals surface area contributed by atoms with E-state index in [-0.39, 0.29) is 18.3 Å². The van der Waals surface area contributed by atoms with Crippen molar-refractivity contribution in [2.45, 2.75) is 6.54 Å². The number of carbonyl (C=O) groups excluding carboxylic acids is 1. The van der Waals surface area contributed by atoms with Gasteiger partial charge in [0.15, 0.2) is 0 Å². The van der Waals surface area contributed by atoms with Crippen LogP contribution in [0.3, 0.4) is 0 Å². The molecular weight excluding hydrogens is 371 g/mol. The largest absolute Gasteiger partial charge is 0.324 e. The summed E-state index contributed by atoms with van der Waals surface area (Å²) in [5, 5.41) is 3.22. The van der Waals surface area contributed by atoms with Gasteiger partial charge in [-0.1, -0.05) is 39.7 Å². The Kier molecular flexibility index (Phi) is 5.94. The molecule has 0 aliphatic heterocycles. The SMILES string of the molecule is CN(CC(=O)Nc1ccccc1Cl)Cc1cc(Br)ccc1F. The maximum atomic E-state index is 13.7. The number of nitrogens with zero attached hydrogens (tertiary/aromatic N) is 1. The minimum Gasteiger partial charge on any atom is -0.324 e. The average Bonchev–Trinajstić information content (AvgIpc) is 2.45. The molecule has 0 saturated carbocycles. The number of amides is 1. The molecule has 3 nitrogen and oxygen atoms in total. The molecule has 0 aromatic heterocycles. The van der Waals surface area contributed by atoms with Crippen LogP contribution in [0, 0.1) is 5.82 Å². The van der Waals surface area contributed by atoms with E-state index in [1.165, 1.54) is 6.07 Å². The zero-order valence-electron chi connectivity index (χ0n) is 11.9. The molecule has 2 rings (SSSR count). The van der Waals surface area contributed by atoms with Crippen molar-refractivity contribution in [3.05, 3.63) is 63.3 Å². The Morgan fingerprint density at radius 3 is 2.77 bits per heavy atom. The van der Waals surface area contributed by atoms with Gasteiger partial charge in [-0.25, -0.2) is 4.39 Å². The van der Waals surface area contributed by atoms with Crippen LogP contribution in [0.4, 0.5) is 10.1 Å². The molecule has 0 atom stereocenters. The molecule has 1 N–H and O–H groups in total. The second-order valence-corrected chi connectivity index (χ2v) is 6.26. The predicted octanol–water partition coefficient (Wildman–Crippen LogP) is 4.31. The third-order valence-electron chi connectivity index (χ3n) is 3.01. The van der Waals surface area contributed by atoms with Crippen LogP contribution in [0.5, 0.6) is 0 Å². The van der Waals surface area contributed by atoms with Crippen LogP contribution >= 0.6 is 27.5 Å². The molecule has 0 aliphatic rings. The molecule has 0 saturated heterocycles. The lowest BCUT2D eigenvalue weighted by Crippen LogP contribution is -2.30. The van der Waals surface area contributed by atoms with Crippen molar-refractivity contribution >= 4 is 39.1 Å². The highest BCUT2D eigenvalue weighted by molar-refractivity contribution is 9.10. The summed E-state index contributed by atoms with van der Waals surface area (Å²) in [5.41, 5.74) is 1.10. The smallest absolute Gasteiger partial charge is 0.238 e. The summed E-state index contributed by atoms with van der Waals surface area (Å²) in [7, 11) is 1.76. The Bertz CT molecular complexity index is 681. The quantitative estimate of drug-likeness (QED) is 0.832. The molecule has 0 aliphatic carbocycles. The fourth-order valence-electron chi connectivity index (χ4n) is 2.01. The Morgan fingerprint density at radius 2 is 2.05 bits per heavy atom. The number of para-hydroxylation sites is 1. The van der Waals surface area contributed by atoms with E-state index in [0.717, 1.165) is 4.47 Å². The molecule has 0 fully saturated rings. The lowest BCUT2D eigenvalue weighted by Gasteiger charge is -2.17. The zero-order valence-corrected chi connectivity index (χ0v) is 14.3. The summed E-state index contributed by atoms with van der Waals surface area (Å²) in [6.45, 7) is 0.471. The zero-order chi connectivity index (χ0) is 16.1. The first-order valence-electron chi connectivity index (χ1n) is 6.62. The van der Waals surface area contributed by atoms with E-state index in [1.54, 1.807) is 48.3 Å². The Labute approximate surface area is 142 Å². The van der Waals surface area contributed by atoms with Crippen LogP contribution in [0.1, 0.15) is 5.56 Å². The van der Waals surface area contributed by atoms with E-state index in [4.69, 9.17) is 11.6 Å². The summed E-state index contributed by atoms with van der Waals surface area (Å²) >= 11 is 9.30. The molecule has 6 heteroatoms. The highest BCUT2D eigenvalue weighted by Gasteiger charge is 2.11. The predicted molar refractivity (Wildman–Crippen MR) is 90.5 cm³/mol. The standard InChI is InChI=1S/C16H15BrClFN2O/c1-21(9-11-8-12(17)6-7-14(11)19)10-16(22)20-15-5-3-2-4-13(15)18/h2-8H,9-10H2,1H3,(H,20,22). The molecule has 0 unspecified atom stereocenters. The van der Waals surface area contributed by atoms with Crippen molar-refractivity contribution in [3.63, 3.8) is 0 Å². The number of likely N-dealkylation sites (N-methyl/N-ethyl adjacent to an activating group) is 1. The van der Waals surface area contributed by atoms with Gasteiger partial charge < -0.3 is 5.32 Å². The number of halogens is 3. The highest BCUT2D eigenvalue weighted by atomic mass is 79.9. The van der Waals surface area contributed by atoms with Crippen molar-refractivity contribution in [2.75, 3.05) is 18.9 Å². The molecule has 0 radical (unpaired) electrons. The molecular formula is C16H15BrClFN2O. The number of hydrogen-bond acceptors (Lipinski definition) is 2. The van der Waals surface area contributed by atoms with Gasteiger partial charge >= 0.3 is 0 Å². The van der Waals surface area contributed by atoms with Gasteiger partial charge in [0.25, 0.3) is 0 Å². The molecule has 116 valence electrons. The molecule has 0 heterocycles. The maximum absolute atomic E-state index is 13.7. The fourth-order valence-corrected chi connectivity index (χ4v) is 2.60. The van der Waals surface area contributed by atoms with E-state index in [1.807, 2.05) is 0 Å². The minimum absolute atomic E-state index is 0.136. The normalized spacial score (nSPS) is 10.8. The lowest BCUT2D eigenvalue weighted by atomic mass is 10.2. The van der Waals surface area contributed by atoms with Crippen molar-refractivity contribution in [1.82, 2.24) is 4.90 Å². The fraction of sp³-hybridized carbons (Fsp3) is 0.188. The van der Waals surface area contributed by atoms with Gasteiger partial charge in [0, 0.05) is 16.6 Å². The molecule has 0 spiro atoms. The second kappa shape index (κ2) is 7.72. The van der Waals surface area contributed by atoms with Crippen LogP contribution in [-0.2, 0) is 11.3 Å². The van der Waals surface area contributed by atoms with Gasteiger partial charge in [-0.2, -0.15) is 0 Å².